The molecule has 0 bridgehead atoms. The summed E-state index contributed by atoms with van der Waals surface area (Å²) in [7, 11) is 0. The van der Waals surface area contributed by atoms with E-state index in [1.165, 1.54) is 12.8 Å². The van der Waals surface area contributed by atoms with Gasteiger partial charge in [0.25, 0.3) is 11.8 Å². The topological polar surface area (TPSA) is 58.6 Å². The van der Waals surface area contributed by atoms with Gasteiger partial charge in [-0.3, -0.25) is 9.59 Å². The van der Waals surface area contributed by atoms with Crippen LogP contribution in [0.1, 0.15) is 49.9 Å². The Morgan fingerprint density at radius 3 is 2.30 bits per heavy atom. The van der Waals surface area contributed by atoms with Crippen LogP contribution >= 0.6 is 0 Å². The number of nitrogens with one attached hydrogen (secondary N) is 1. The van der Waals surface area contributed by atoms with Crippen molar-refractivity contribution in [2.45, 2.75) is 45.6 Å². The van der Waals surface area contributed by atoms with E-state index in [0.717, 1.165) is 36.7 Å². The van der Waals surface area contributed by atoms with E-state index in [4.69, 9.17) is 4.74 Å². The minimum atomic E-state index is -0.189. The molecule has 0 radical (unpaired) electrons. The normalized spacial score (nSPS) is 14.9. The molecule has 1 N–H and O–H groups in total. The van der Waals surface area contributed by atoms with Crippen LogP contribution in [0.15, 0.2) is 36.4 Å². The number of hydrogen-bond donors (Lipinski definition) is 1. The Morgan fingerprint density at radius 2 is 1.67 bits per heavy atom. The second-order valence-electron chi connectivity index (χ2n) is 7.41. The molecule has 2 aromatic rings. The summed E-state index contributed by atoms with van der Waals surface area (Å²) in [4.78, 5) is 27.1. The highest BCUT2D eigenvalue weighted by Gasteiger charge is 2.22. The summed E-state index contributed by atoms with van der Waals surface area (Å²) in [6.45, 7) is 5.26. The van der Waals surface area contributed by atoms with E-state index in [9.17, 15) is 9.59 Å². The number of carbonyl (C=O) groups excluding carboxylic acids is 2. The van der Waals surface area contributed by atoms with Gasteiger partial charge in [0.05, 0.1) is 5.56 Å². The van der Waals surface area contributed by atoms with E-state index in [-0.39, 0.29) is 24.5 Å². The van der Waals surface area contributed by atoms with Crippen molar-refractivity contribution >= 4 is 22.6 Å². The second kappa shape index (κ2) is 8.89. The van der Waals surface area contributed by atoms with Crippen molar-refractivity contribution in [3.8, 4) is 5.75 Å². The van der Waals surface area contributed by atoms with E-state index >= 15 is 0 Å². The highest BCUT2D eigenvalue weighted by atomic mass is 16.5. The Hall–Kier alpha value is -2.56. The summed E-state index contributed by atoms with van der Waals surface area (Å²) in [6.07, 6.45) is 4.40. The zero-order valence-corrected chi connectivity index (χ0v) is 16.2. The van der Waals surface area contributed by atoms with E-state index in [1.54, 1.807) is 0 Å². The summed E-state index contributed by atoms with van der Waals surface area (Å²) in [5, 5.41) is 4.80. The average molecular weight is 368 g/mol. The number of amides is 2. The monoisotopic (exact) mass is 368 g/mol. The van der Waals surface area contributed by atoms with Crippen molar-refractivity contribution in [1.29, 1.82) is 0 Å². The summed E-state index contributed by atoms with van der Waals surface area (Å²) in [6, 6.07) is 11.7. The first-order valence-electron chi connectivity index (χ1n) is 9.79. The number of benzene rings is 2. The summed E-state index contributed by atoms with van der Waals surface area (Å²) in [5.74, 6) is 0.273. The number of carbonyl (C=O) groups is 2. The molecule has 2 aromatic carbocycles. The largest absolute Gasteiger partial charge is 0.483 e. The fourth-order valence-electron chi connectivity index (χ4n) is 3.46. The predicted octanol–water partition coefficient (Wildman–Crippen LogP) is 3.76. The first-order chi connectivity index (χ1) is 13.0. The average Bonchev–Trinajstić information content (AvgIpc) is 2.94. The molecule has 0 unspecified atom stereocenters. The van der Waals surface area contributed by atoms with Crippen LogP contribution in [-0.4, -0.2) is 42.5 Å². The van der Waals surface area contributed by atoms with Gasteiger partial charge in [-0.2, -0.15) is 0 Å². The van der Waals surface area contributed by atoms with Crippen LogP contribution in [0.3, 0.4) is 0 Å². The van der Waals surface area contributed by atoms with Crippen molar-refractivity contribution in [2.75, 3.05) is 19.7 Å². The molecule has 3 rings (SSSR count). The fourth-order valence-corrected chi connectivity index (χ4v) is 3.46. The zero-order valence-electron chi connectivity index (χ0n) is 16.2. The molecule has 27 heavy (non-hydrogen) atoms. The highest BCUT2D eigenvalue weighted by molar-refractivity contribution is 6.01. The third-order valence-electron chi connectivity index (χ3n) is 4.78. The number of likely N-dealkylation sites (tertiary alicyclic amines) is 1. The van der Waals surface area contributed by atoms with E-state index in [0.29, 0.717) is 11.3 Å². The molecule has 0 aromatic heterocycles. The lowest BCUT2D eigenvalue weighted by Gasteiger charge is -2.22. The minimum Gasteiger partial charge on any atom is -0.483 e. The van der Waals surface area contributed by atoms with E-state index in [1.807, 2.05) is 55.1 Å². The van der Waals surface area contributed by atoms with Crippen LogP contribution in [0, 0.1) is 0 Å². The van der Waals surface area contributed by atoms with Crippen LogP contribution in [-0.2, 0) is 4.79 Å². The summed E-state index contributed by atoms with van der Waals surface area (Å²) < 4.78 is 5.79. The maximum Gasteiger partial charge on any atom is 0.258 e. The van der Waals surface area contributed by atoms with Gasteiger partial charge in [-0.25, -0.2) is 0 Å². The fraction of sp³-hybridized carbons (Fsp3) is 0.455. The molecule has 5 heteroatoms. The first-order valence-corrected chi connectivity index (χ1v) is 9.79. The molecular formula is C22H28N2O3. The van der Waals surface area contributed by atoms with Gasteiger partial charge in [0.1, 0.15) is 5.75 Å². The van der Waals surface area contributed by atoms with Gasteiger partial charge in [-0.15, -0.1) is 0 Å². The molecule has 1 heterocycles. The van der Waals surface area contributed by atoms with Crippen molar-refractivity contribution in [1.82, 2.24) is 10.2 Å². The molecule has 1 saturated heterocycles. The quantitative estimate of drug-likeness (QED) is 0.874. The molecule has 1 aliphatic rings. The van der Waals surface area contributed by atoms with Crippen LogP contribution in [0.5, 0.6) is 5.75 Å². The molecule has 1 fully saturated rings. The third-order valence-corrected chi connectivity index (χ3v) is 4.78. The smallest absolute Gasteiger partial charge is 0.258 e. The molecule has 0 aliphatic carbocycles. The van der Waals surface area contributed by atoms with Gasteiger partial charge in [0.2, 0.25) is 0 Å². The molecule has 0 spiro atoms. The number of hydrogen-bond acceptors (Lipinski definition) is 3. The first kappa shape index (κ1) is 19.2. The van der Waals surface area contributed by atoms with Gasteiger partial charge in [0, 0.05) is 19.1 Å². The maximum absolute atomic E-state index is 13.2. The maximum atomic E-state index is 13.2. The van der Waals surface area contributed by atoms with Crippen LogP contribution in [0.4, 0.5) is 0 Å². The number of nitrogens with zero attached hydrogens (tertiary/aromatic N) is 1. The van der Waals surface area contributed by atoms with Crippen molar-refractivity contribution < 1.29 is 14.3 Å². The third kappa shape index (κ3) is 5.00. The number of rotatable bonds is 5. The van der Waals surface area contributed by atoms with E-state index in [2.05, 4.69) is 5.32 Å². The molecule has 5 nitrogen and oxygen atoms in total. The summed E-state index contributed by atoms with van der Waals surface area (Å²) >= 11 is 0. The Morgan fingerprint density at radius 1 is 1.04 bits per heavy atom. The lowest BCUT2D eigenvalue weighted by atomic mass is 10.0. The minimum absolute atomic E-state index is 0.0121. The van der Waals surface area contributed by atoms with Crippen LogP contribution in [0.25, 0.3) is 10.8 Å². The Bertz CT molecular complexity index is 808. The van der Waals surface area contributed by atoms with Crippen LogP contribution < -0.4 is 10.1 Å². The highest BCUT2D eigenvalue weighted by Crippen LogP contribution is 2.28. The van der Waals surface area contributed by atoms with Gasteiger partial charge >= 0.3 is 0 Å². The van der Waals surface area contributed by atoms with Gasteiger partial charge in [-0.05, 0) is 49.6 Å². The molecule has 0 atom stereocenters. The molecule has 2 amide bonds. The Balaban J connectivity index is 1.88. The Kier molecular flexibility index (Phi) is 6.32. The van der Waals surface area contributed by atoms with Crippen molar-refractivity contribution in [3.05, 3.63) is 42.0 Å². The van der Waals surface area contributed by atoms with Gasteiger partial charge < -0.3 is 15.0 Å². The number of fused-ring (bicyclic) bond motifs is 1. The van der Waals surface area contributed by atoms with Gasteiger partial charge in [0.15, 0.2) is 6.61 Å². The molecular weight excluding hydrogens is 340 g/mol. The van der Waals surface area contributed by atoms with Crippen LogP contribution in [0.2, 0.25) is 0 Å². The lowest BCUT2D eigenvalue weighted by molar-refractivity contribution is -0.123. The zero-order chi connectivity index (χ0) is 19.2. The number of ether oxygens (including phenoxy) is 1. The molecule has 0 saturated carbocycles. The standard InChI is InChI=1S/C22H28N2O3/c1-16(2)23-21(25)15-27-20-14-18-10-6-5-9-17(18)13-19(20)22(26)24-11-7-3-4-8-12-24/h5-6,9-10,13-14,16H,3-4,7-8,11-12,15H2,1-2H3,(H,23,25). The van der Waals surface area contributed by atoms with Crippen molar-refractivity contribution in [2.24, 2.45) is 0 Å². The second-order valence-corrected chi connectivity index (χ2v) is 7.41. The predicted molar refractivity (Wildman–Crippen MR) is 107 cm³/mol. The van der Waals surface area contributed by atoms with Crippen molar-refractivity contribution in [3.63, 3.8) is 0 Å². The summed E-state index contributed by atoms with van der Waals surface area (Å²) in [5.41, 5.74) is 0.535. The molecule has 1 aliphatic heterocycles. The molecule has 144 valence electrons. The Labute approximate surface area is 160 Å². The SMILES string of the molecule is CC(C)NC(=O)COc1cc2ccccc2cc1C(=O)N1CCCCCC1. The van der Waals surface area contributed by atoms with E-state index < -0.39 is 0 Å². The van der Waals surface area contributed by atoms with Gasteiger partial charge in [-0.1, -0.05) is 37.1 Å². The lowest BCUT2D eigenvalue weighted by Crippen LogP contribution is -2.35.